The summed E-state index contributed by atoms with van der Waals surface area (Å²) in [5.74, 6) is 0.546. The molecule has 1 aromatic carbocycles. The number of aryl methyl sites for hydroxylation is 1. The normalized spacial score (nSPS) is 11.7. The fraction of sp³-hybridized carbons (Fsp3) is 0.571. The van der Waals surface area contributed by atoms with E-state index in [2.05, 4.69) is 33.0 Å². The van der Waals surface area contributed by atoms with Crippen LogP contribution in [0.15, 0.2) is 18.2 Å². The van der Waals surface area contributed by atoms with Gasteiger partial charge >= 0.3 is 0 Å². The number of nitro groups is 1. The lowest BCUT2D eigenvalue weighted by Crippen LogP contribution is -2.28. The highest BCUT2D eigenvalue weighted by atomic mass is 16.6. The van der Waals surface area contributed by atoms with Crippen LogP contribution in [0.5, 0.6) is 0 Å². The number of benzene rings is 1. The molecule has 0 aliphatic carbocycles. The van der Waals surface area contributed by atoms with Gasteiger partial charge in [-0.25, -0.2) is 0 Å². The molecule has 0 atom stereocenters. The van der Waals surface area contributed by atoms with Gasteiger partial charge in [0.25, 0.3) is 5.69 Å². The number of nitrogens with one attached hydrogen (secondary N) is 1. The van der Waals surface area contributed by atoms with Crippen LogP contribution in [0.2, 0.25) is 0 Å². The summed E-state index contributed by atoms with van der Waals surface area (Å²) in [6.45, 7) is 11.4. The van der Waals surface area contributed by atoms with Crippen LogP contribution in [0, 0.1) is 28.4 Å². The van der Waals surface area contributed by atoms with E-state index in [1.807, 2.05) is 13.0 Å². The Morgan fingerprint density at radius 1 is 1.33 bits per heavy atom. The summed E-state index contributed by atoms with van der Waals surface area (Å²) in [5, 5.41) is 14.1. The van der Waals surface area contributed by atoms with Crippen molar-refractivity contribution in [3.8, 4) is 0 Å². The van der Waals surface area contributed by atoms with Crippen LogP contribution < -0.4 is 5.32 Å². The molecule has 0 amide bonds. The van der Waals surface area contributed by atoms with Crippen molar-refractivity contribution in [1.82, 2.24) is 0 Å². The average molecular weight is 250 g/mol. The third-order valence-electron chi connectivity index (χ3n) is 3.58. The largest absolute Gasteiger partial charge is 0.384 e. The van der Waals surface area contributed by atoms with Crippen LogP contribution in [0.3, 0.4) is 0 Å². The predicted molar refractivity (Wildman–Crippen MR) is 74.9 cm³/mol. The van der Waals surface area contributed by atoms with Gasteiger partial charge in [-0.3, -0.25) is 10.1 Å². The summed E-state index contributed by atoms with van der Waals surface area (Å²) in [6, 6.07) is 5.10. The zero-order chi connectivity index (χ0) is 13.9. The minimum atomic E-state index is -0.355. The second-order valence-corrected chi connectivity index (χ2v) is 5.81. The van der Waals surface area contributed by atoms with Gasteiger partial charge in [-0.15, -0.1) is 0 Å². The number of hydrogen-bond acceptors (Lipinski definition) is 3. The van der Waals surface area contributed by atoms with E-state index < -0.39 is 0 Å². The first-order valence-electron chi connectivity index (χ1n) is 6.22. The maximum atomic E-state index is 10.8. The fourth-order valence-corrected chi connectivity index (χ4v) is 1.50. The topological polar surface area (TPSA) is 55.2 Å². The van der Waals surface area contributed by atoms with Gasteiger partial charge in [0.1, 0.15) is 0 Å². The van der Waals surface area contributed by atoms with Crippen molar-refractivity contribution in [1.29, 1.82) is 0 Å². The van der Waals surface area contributed by atoms with Crippen molar-refractivity contribution in [2.75, 3.05) is 11.9 Å². The van der Waals surface area contributed by atoms with Crippen molar-refractivity contribution < 1.29 is 4.92 Å². The summed E-state index contributed by atoms with van der Waals surface area (Å²) >= 11 is 0. The Bertz CT molecular complexity index is 439. The third-order valence-corrected chi connectivity index (χ3v) is 3.58. The predicted octanol–water partition coefficient (Wildman–Crippen LogP) is 4.00. The van der Waals surface area contributed by atoms with Crippen molar-refractivity contribution in [2.45, 2.75) is 34.6 Å². The SMILES string of the molecule is Cc1cc(NCC(C)(C)C(C)C)cc([N+](=O)[O-])c1. The second-order valence-electron chi connectivity index (χ2n) is 5.81. The maximum absolute atomic E-state index is 10.8. The molecule has 0 saturated carbocycles. The Hall–Kier alpha value is -1.58. The zero-order valence-electron chi connectivity index (χ0n) is 11.8. The molecule has 0 spiro atoms. The highest BCUT2D eigenvalue weighted by Crippen LogP contribution is 2.27. The molecule has 0 saturated heterocycles. The van der Waals surface area contributed by atoms with Gasteiger partial charge < -0.3 is 5.32 Å². The monoisotopic (exact) mass is 250 g/mol. The van der Waals surface area contributed by atoms with Crippen LogP contribution in [-0.2, 0) is 0 Å². The molecule has 18 heavy (non-hydrogen) atoms. The van der Waals surface area contributed by atoms with Crippen molar-refractivity contribution in [3.05, 3.63) is 33.9 Å². The molecule has 0 radical (unpaired) electrons. The first-order chi connectivity index (χ1) is 8.22. The van der Waals surface area contributed by atoms with E-state index in [0.717, 1.165) is 17.8 Å². The Labute approximate surface area is 109 Å². The second kappa shape index (κ2) is 5.38. The van der Waals surface area contributed by atoms with E-state index in [-0.39, 0.29) is 16.0 Å². The lowest BCUT2D eigenvalue weighted by atomic mass is 9.81. The first-order valence-corrected chi connectivity index (χ1v) is 6.22. The molecular formula is C14H22N2O2. The molecule has 100 valence electrons. The van der Waals surface area contributed by atoms with Gasteiger partial charge in [0, 0.05) is 24.4 Å². The molecule has 0 aliphatic heterocycles. The number of anilines is 1. The molecule has 0 unspecified atom stereocenters. The minimum absolute atomic E-state index is 0.139. The van der Waals surface area contributed by atoms with E-state index >= 15 is 0 Å². The van der Waals surface area contributed by atoms with E-state index in [0.29, 0.717) is 5.92 Å². The van der Waals surface area contributed by atoms with E-state index in [4.69, 9.17) is 0 Å². The fourth-order valence-electron chi connectivity index (χ4n) is 1.50. The molecule has 4 nitrogen and oxygen atoms in total. The van der Waals surface area contributed by atoms with E-state index in [1.165, 1.54) is 0 Å². The molecular weight excluding hydrogens is 228 g/mol. The van der Waals surface area contributed by atoms with Crippen LogP contribution in [0.4, 0.5) is 11.4 Å². The molecule has 1 aromatic rings. The maximum Gasteiger partial charge on any atom is 0.271 e. The van der Waals surface area contributed by atoms with Crippen LogP contribution in [0.1, 0.15) is 33.3 Å². The average Bonchev–Trinajstić information content (AvgIpc) is 2.25. The lowest BCUT2D eigenvalue weighted by Gasteiger charge is -2.29. The summed E-state index contributed by atoms with van der Waals surface area (Å²) < 4.78 is 0. The van der Waals surface area contributed by atoms with Gasteiger partial charge in [-0.2, -0.15) is 0 Å². The van der Waals surface area contributed by atoms with Crippen LogP contribution in [0.25, 0.3) is 0 Å². The standard InChI is InChI=1S/C14H22N2O2/c1-10(2)14(4,5)9-15-12-6-11(3)7-13(8-12)16(17)18/h6-8,10,15H,9H2,1-5H3. The number of nitrogens with zero attached hydrogens (tertiary/aromatic N) is 1. The molecule has 0 fully saturated rings. The van der Waals surface area contributed by atoms with Gasteiger partial charge in [0.05, 0.1) is 4.92 Å². The molecule has 0 heterocycles. The highest BCUT2D eigenvalue weighted by molar-refractivity contribution is 5.53. The van der Waals surface area contributed by atoms with Gasteiger partial charge in [0.15, 0.2) is 0 Å². The zero-order valence-corrected chi connectivity index (χ0v) is 11.8. The summed E-state index contributed by atoms with van der Waals surface area (Å²) in [4.78, 5) is 10.4. The highest BCUT2D eigenvalue weighted by Gasteiger charge is 2.22. The molecule has 0 aliphatic rings. The lowest BCUT2D eigenvalue weighted by molar-refractivity contribution is -0.384. The third kappa shape index (κ3) is 3.72. The summed E-state index contributed by atoms with van der Waals surface area (Å²) in [6.07, 6.45) is 0. The Balaban J connectivity index is 2.83. The van der Waals surface area contributed by atoms with Crippen molar-refractivity contribution >= 4 is 11.4 Å². The Morgan fingerprint density at radius 2 is 1.94 bits per heavy atom. The number of non-ortho nitro benzene ring substituents is 1. The van der Waals surface area contributed by atoms with Gasteiger partial charge in [-0.1, -0.05) is 27.7 Å². The summed E-state index contributed by atoms with van der Waals surface area (Å²) in [7, 11) is 0. The van der Waals surface area contributed by atoms with Gasteiger partial charge in [-0.05, 0) is 29.9 Å². The quantitative estimate of drug-likeness (QED) is 0.634. The number of rotatable bonds is 5. The summed E-state index contributed by atoms with van der Waals surface area (Å²) in [5.41, 5.74) is 2.00. The van der Waals surface area contributed by atoms with Gasteiger partial charge in [0.2, 0.25) is 0 Å². The van der Waals surface area contributed by atoms with E-state index in [1.54, 1.807) is 12.1 Å². The molecule has 0 aromatic heterocycles. The van der Waals surface area contributed by atoms with Crippen molar-refractivity contribution in [3.63, 3.8) is 0 Å². The molecule has 0 bridgehead atoms. The minimum Gasteiger partial charge on any atom is -0.384 e. The number of nitro benzene ring substituents is 1. The first kappa shape index (κ1) is 14.5. The van der Waals surface area contributed by atoms with E-state index in [9.17, 15) is 10.1 Å². The van der Waals surface area contributed by atoms with Crippen molar-refractivity contribution in [2.24, 2.45) is 11.3 Å². The van der Waals surface area contributed by atoms with Crippen LogP contribution in [-0.4, -0.2) is 11.5 Å². The smallest absolute Gasteiger partial charge is 0.271 e. The molecule has 4 heteroatoms. The number of hydrogen-bond donors (Lipinski definition) is 1. The van der Waals surface area contributed by atoms with Crippen LogP contribution >= 0.6 is 0 Å². The molecule has 1 N–H and O–H groups in total. The molecule has 1 rings (SSSR count). The Kier molecular flexibility index (Phi) is 4.33. The Morgan fingerprint density at radius 3 is 2.44 bits per heavy atom.